The Hall–Kier alpha value is -1.02. The molecule has 0 radical (unpaired) electrons. The van der Waals surface area contributed by atoms with Crippen molar-refractivity contribution in [2.24, 2.45) is 0 Å². The van der Waals surface area contributed by atoms with Gasteiger partial charge in [-0.2, -0.15) is 0 Å². The first kappa shape index (κ1) is 13.4. The van der Waals surface area contributed by atoms with Gasteiger partial charge in [-0.25, -0.2) is 0 Å². The highest BCUT2D eigenvalue weighted by Crippen LogP contribution is 2.27. The third kappa shape index (κ3) is 2.54. The predicted molar refractivity (Wildman–Crippen MR) is 75.3 cm³/mol. The Morgan fingerprint density at radius 1 is 1.39 bits per heavy atom. The Bertz CT molecular complexity index is 440. The van der Waals surface area contributed by atoms with Gasteiger partial charge in [0, 0.05) is 24.0 Å². The number of aryl methyl sites for hydroxylation is 1. The van der Waals surface area contributed by atoms with E-state index in [1.54, 1.807) is 0 Å². The number of hydrogen-bond donors (Lipinski definition) is 0. The SMILES string of the molecule is Cc1cccc(C(=O)N(CCCl)C2CCC2)c1C. The van der Waals surface area contributed by atoms with Crippen molar-refractivity contribution in [1.29, 1.82) is 0 Å². The molecule has 0 aliphatic heterocycles. The fourth-order valence-corrected chi connectivity index (χ4v) is 2.56. The minimum atomic E-state index is 0.140. The van der Waals surface area contributed by atoms with Gasteiger partial charge in [0.1, 0.15) is 0 Å². The van der Waals surface area contributed by atoms with Gasteiger partial charge >= 0.3 is 0 Å². The van der Waals surface area contributed by atoms with E-state index in [-0.39, 0.29) is 5.91 Å². The second kappa shape index (κ2) is 5.75. The van der Waals surface area contributed by atoms with Crippen LogP contribution in [0.25, 0.3) is 0 Å². The highest BCUT2D eigenvalue weighted by Gasteiger charge is 2.29. The van der Waals surface area contributed by atoms with Crippen LogP contribution < -0.4 is 0 Å². The molecule has 1 amide bonds. The Morgan fingerprint density at radius 3 is 2.67 bits per heavy atom. The van der Waals surface area contributed by atoms with Crippen molar-refractivity contribution in [3.8, 4) is 0 Å². The number of benzene rings is 1. The maximum atomic E-state index is 12.6. The van der Waals surface area contributed by atoms with Gasteiger partial charge < -0.3 is 4.90 Å². The van der Waals surface area contributed by atoms with Crippen molar-refractivity contribution in [2.75, 3.05) is 12.4 Å². The first-order chi connectivity index (χ1) is 8.65. The molecule has 2 rings (SSSR count). The molecule has 1 aliphatic rings. The van der Waals surface area contributed by atoms with Crippen LogP contribution in [0.15, 0.2) is 18.2 Å². The van der Waals surface area contributed by atoms with Gasteiger partial charge in [-0.3, -0.25) is 4.79 Å². The lowest BCUT2D eigenvalue weighted by molar-refractivity contribution is 0.0597. The van der Waals surface area contributed by atoms with Crippen LogP contribution in [0.5, 0.6) is 0 Å². The summed E-state index contributed by atoms with van der Waals surface area (Å²) in [7, 11) is 0. The molecule has 0 bridgehead atoms. The summed E-state index contributed by atoms with van der Waals surface area (Å²) in [6.45, 7) is 4.71. The number of rotatable bonds is 4. The molecule has 0 unspecified atom stereocenters. The smallest absolute Gasteiger partial charge is 0.254 e. The third-order valence-corrected chi connectivity index (χ3v) is 4.11. The largest absolute Gasteiger partial charge is 0.334 e. The summed E-state index contributed by atoms with van der Waals surface area (Å²) in [6.07, 6.45) is 3.46. The van der Waals surface area contributed by atoms with Crippen molar-refractivity contribution < 1.29 is 4.79 Å². The molecule has 0 aromatic heterocycles. The van der Waals surface area contributed by atoms with Gasteiger partial charge in [0.25, 0.3) is 5.91 Å². The van der Waals surface area contributed by atoms with Crippen LogP contribution in [0.2, 0.25) is 0 Å². The maximum Gasteiger partial charge on any atom is 0.254 e. The molecule has 18 heavy (non-hydrogen) atoms. The van der Waals surface area contributed by atoms with Crippen LogP contribution >= 0.6 is 11.6 Å². The van der Waals surface area contributed by atoms with E-state index in [1.165, 1.54) is 12.0 Å². The molecule has 0 N–H and O–H groups in total. The van der Waals surface area contributed by atoms with E-state index in [1.807, 2.05) is 36.9 Å². The zero-order valence-corrected chi connectivity index (χ0v) is 11.8. The second-order valence-corrected chi connectivity index (χ2v) is 5.40. The van der Waals surface area contributed by atoms with E-state index in [4.69, 9.17) is 11.6 Å². The summed E-state index contributed by atoms with van der Waals surface area (Å²) in [5.41, 5.74) is 3.08. The number of alkyl halides is 1. The monoisotopic (exact) mass is 265 g/mol. The minimum Gasteiger partial charge on any atom is -0.334 e. The first-order valence-electron chi connectivity index (χ1n) is 6.58. The number of hydrogen-bond acceptors (Lipinski definition) is 1. The number of carbonyl (C=O) groups excluding carboxylic acids is 1. The second-order valence-electron chi connectivity index (χ2n) is 5.02. The summed E-state index contributed by atoms with van der Waals surface area (Å²) < 4.78 is 0. The predicted octanol–water partition coefficient (Wildman–Crippen LogP) is 3.54. The topological polar surface area (TPSA) is 20.3 Å². The van der Waals surface area contributed by atoms with Crippen LogP contribution in [0.4, 0.5) is 0 Å². The van der Waals surface area contributed by atoms with Crippen LogP contribution in [0, 0.1) is 13.8 Å². The lowest BCUT2D eigenvalue weighted by Crippen LogP contribution is -2.45. The maximum absolute atomic E-state index is 12.6. The van der Waals surface area contributed by atoms with E-state index in [0.717, 1.165) is 24.0 Å². The zero-order chi connectivity index (χ0) is 13.1. The van der Waals surface area contributed by atoms with Crippen molar-refractivity contribution in [3.63, 3.8) is 0 Å². The summed E-state index contributed by atoms with van der Waals surface area (Å²) in [5, 5.41) is 0. The molecule has 1 fully saturated rings. The van der Waals surface area contributed by atoms with Crippen molar-refractivity contribution in [3.05, 3.63) is 34.9 Å². The summed E-state index contributed by atoms with van der Waals surface area (Å²) in [4.78, 5) is 14.6. The number of amides is 1. The quantitative estimate of drug-likeness (QED) is 0.763. The number of nitrogens with zero attached hydrogens (tertiary/aromatic N) is 1. The Balaban J connectivity index is 2.24. The fraction of sp³-hybridized carbons (Fsp3) is 0.533. The molecule has 0 spiro atoms. The number of carbonyl (C=O) groups is 1. The van der Waals surface area contributed by atoms with Gasteiger partial charge in [0.2, 0.25) is 0 Å². The Morgan fingerprint density at radius 2 is 2.11 bits per heavy atom. The standard InChI is InChI=1S/C15H20ClNO/c1-11-5-3-8-14(12(11)2)15(18)17(10-9-16)13-6-4-7-13/h3,5,8,13H,4,6-7,9-10H2,1-2H3. The molecule has 1 aromatic rings. The lowest BCUT2D eigenvalue weighted by atomic mass is 9.90. The molecule has 1 aliphatic carbocycles. The molecule has 1 aromatic carbocycles. The minimum absolute atomic E-state index is 0.140. The average molecular weight is 266 g/mol. The first-order valence-corrected chi connectivity index (χ1v) is 7.11. The molecular formula is C15H20ClNO. The Labute approximate surface area is 114 Å². The Kier molecular flexibility index (Phi) is 4.28. The van der Waals surface area contributed by atoms with Crippen molar-refractivity contribution in [1.82, 2.24) is 4.90 Å². The highest BCUT2D eigenvalue weighted by atomic mass is 35.5. The fourth-order valence-electron chi connectivity index (χ4n) is 2.38. The molecule has 3 heteroatoms. The molecule has 1 saturated carbocycles. The zero-order valence-electron chi connectivity index (χ0n) is 11.1. The number of halogens is 1. The van der Waals surface area contributed by atoms with Crippen LogP contribution in [-0.4, -0.2) is 29.3 Å². The van der Waals surface area contributed by atoms with E-state index < -0.39 is 0 Å². The third-order valence-electron chi connectivity index (χ3n) is 3.94. The van der Waals surface area contributed by atoms with Crippen molar-refractivity contribution in [2.45, 2.75) is 39.2 Å². The molecule has 98 valence electrons. The van der Waals surface area contributed by atoms with E-state index in [2.05, 4.69) is 0 Å². The van der Waals surface area contributed by atoms with Gasteiger partial charge in [0.15, 0.2) is 0 Å². The van der Waals surface area contributed by atoms with E-state index in [0.29, 0.717) is 18.5 Å². The summed E-state index contributed by atoms with van der Waals surface area (Å²) >= 11 is 5.83. The average Bonchev–Trinajstić information content (AvgIpc) is 2.29. The van der Waals surface area contributed by atoms with Gasteiger partial charge in [-0.05, 0) is 50.3 Å². The normalized spacial score (nSPS) is 15.3. The lowest BCUT2D eigenvalue weighted by Gasteiger charge is -2.37. The molecule has 0 heterocycles. The summed E-state index contributed by atoms with van der Waals surface area (Å²) in [6, 6.07) is 6.32. The van der Waals surface area contributed by atoms with E-state index in [9.17, 15) is 4.79 Å². The molecule has 0 saturated heterocycles. The van der Waals surface area contributed by atoms with Gasteiger partial charge in [0.05, 0.1) is 0 Å². The van der Waals surface area contributed by atoms with Gasteiger partial charge in [-0.15, -0.1) is 11.6 Å². The molecule has 2 nitrogen and oxygen atoms in total. The van der Waals surface area contributed by atoms with Crippen LogP contribution in [0.3, 0.4) is 0 Å². The van der Waals surface area contributed by atoms with Crippen molar-refractivity contribution >= 4 is 17.5 Å². The van der Waals surface area contributed by atoms with Crippen LogP contribution in [0.1, 0.15) is 40.7 Å². The van der Waals surface area contributed by atoms with Gasteiger partial charge in [-0.1, -0.05) is 12.1 Å². The van der Waals surface area contributed by atoms with Crippen LogP contribution in [-0.2, 0) is 0 Å². The molecular weight excluding hydrogens is 246 g/mol. The highest BCUT2D eigenvalue weighted by molar-refractivity contribution is 6.18. The molecule has 0 atom stereocenters. The van der Waals surface area contributed by atoms with E-state index >= 15 is 0 Å². The summed E-state index contributed by atoms with van der Waals surface area (Å²) in [5.74, 6) is 0.647.